The van der Waals surface area contributed by atoms with Crippen molar-refractivity contribution >= 4 is 11.8 Å². The van der Waals surface area contributed by atoms with Crippen molar-refractivity contribution in [1.29, 1.82) is 0 Å². The Kier molecular flexibility index (Phi) is 6.00. The minimum atomic E-state index is -0.167. The maximum Gasteiger partial charge on any atom is 0.409 e. The van der Waals surface area contributed by atoms with Crippen molar-refractivity contribution in [1.82, 2.24) is 0 Å². The van der Waals surface area contributed by atoms with E-state index in [1.807, 2.05) is 26.8 Å². The largest absolute Gasteiger partial charge is 0.500 e. The average Bonchev–Trinajstić information content (AvgIpc) is 2.54. The first kappa shape index (κ1) is 19.2. The lowest BCUT2D eigenvalue weighted by atomic mass is 10.1. The molecular weight excluding hydrogens is 340 g/mol. The molecule has 0 fully saturated rings. The Morgan fingerprint density at radius 3 is 2.28 bits per heavy atom. The lowest BCUT2D eigenvalue weighted by molar-refractivity contribution is -0.732. The average molecular weight is 366 g/mol. The van der Waals surface area contributed by atoms with Crippen molar-refractivity contribution in [3.05, 3.63) is 30.1 Å². The number of nitrogens with zero attached hydrogens (tertiary/aromatic N) is 2. The molecule has 1 unspecified atom stereocenters. The molecule has 25 heavy (non-hydrogen) atoms. The third-order valence-electron chi connectivity index (χ3n) is 4.15. The standard InChI is InChI=1S/C18H24N2O4S/c1-11(2)14-5-6-15(21)18(24)20(14)12(3)7-8-25-13-9-16(22)17(23)19(4)10-13/h5-6,9-12,21-22H,7-8H2,1-4H3/p+2. The van der Waals surface area contributed by atoms with Crippen molar-refractivity contribution in [2.75, 3.05) is 5.75 Å². The first-order valence-corrected chi connectivity index (χ1v) is 9.21. The monoisotopic (exact) mass is 366 g/mol. The van der Waals surface area contributed by atoms with Gasteiger partial charge in [0.1, 0.15) is 7.05 Å². The topological polar surface area (TPSA) is 88.7 Å². The molecule has 2 aromatic rings. The molecule has 2 heterocycles. The van der Waals surface area contributed by atoms with Gasteiger partial charge in [-0.2, -0.15) is 9.13 Å². The summed E-state index contributed by atoms with van der Waals surface area (Å²) in [5.74, 6) is 0.416. The van der Waals surface area contributed by atoms with Gasteiger partial charge in [0, 0.05) is 30.2 Å². The SMILES string of the molecule is CC(C)c1ccc(O)c(O)[n+]1C(C)CCSc1cc(O)c(O)[n+](C)c1. The Morgan fingerprint density at radius 2 is 1.68 bits per heavy atom. The fourth-order valence-electron chi connectivity index (χ4n) is 2.72. The number of thioether (sulfide) groups is 1. The molecule has 4 N–H and O–H groups in total. The molecule has 2 rings (SSSR count). The van der Waals surface area contributed by atoms with E-state index in [2.05, 4.69) is 0 Å². The van der Waals surface area contributed by atoms with Gasteiger partial charge in [0.2, 0.25) is 11.5 Å². The summed E-state index contributed by atoms with van der Waals surface area (Å²) in [6, 6.07) is 4.88. The van der Waals surface area contributed by atoms with Gasteiger partial charge in [0.25, 0.3) is 0 Å². The molecule has 0 aliphatic rings. The highest BCUT2D eigenvalue weighted by Gasteiger charge is 2.27. The summed E-state index contributed by atoms with van der Waals surface area (Å²) >= 11 is 1.56. The van der Waals surface area contributed by atoms with E-state index in [1.165, 1.54) is 16.7 Å². The van der Waals surface area contributed by atoms with Crippen molar-refractivity contribution in [2.24, 2.45) is 7.05 Å². The highest BCUT2D eigenvalue weighted by molar-refractivity contribution is 7.99. The van der Waals surface area contributed by atoms with Crippen LogP contribution in [0.15, 0.2) is 29.3 Å². The molecular formula is C18H26N2O4S+2. The summed E-state index contributed by atoms with van der Waals surface area (Å²) < 4.78 is 3.24. The Bertz CT molecular complexity index is 742. The lowest BCUT2D eigenvalue weighted by Crippen LogP contribution is -2.43. The fraction of sp³-hybridized carbons (Fsp3) is 0.444. The van der Waals surface area contributed by atoms with Crippen LogP contribution in [0.2, 0.25) is 0 Å². The maximum absolute atomic E-state index is 10.3. The van der Waals surface area contributed by atoms with Crippen LogP contribution in [-0.2, 0) is 7.05 Å². The molecule has 0 aliphatic heterocycles. The van der Waals surface area contributed by atoms with E-state index < -0.39 is 0 Å². The van der Waals surface area contributed by atoms with E-state index in [-0.39, 0.29) is 35.2 Å². The third-order valence-corrected chi connectivity index (χ3v) is 5.14. The second-order valence-corrected chi connectivity index (χ2v) is 7.64. The Balaban J connectivity index is 2.11. The molecule has 0 saturated carbocycles. The first-order valence-electron chi connectivity index (χ1n) is 8.23. The van der Waals surface area contributed by atoms with Gasteiger partial charge in [-0.15, -0.1) is 11.8 Å². The molecule has 7 heteroatoms. The van der Waals surface area contributed by atoms with Gasteiger partial charge in [-0.3, -0.25) is 0 Å². The van der Waals surface area contributed by atoms with Gasteiger partial charge in [-0.25, -0.2) is 0 Å². The lowest BCUT2D eigenvalue weighted by Gasteiger charge is -2.14. The van der Waals surface area contributed by atoms with Crippen LogP contribution in [0.25, 0.3) is 0 Å². The van der Waals surface area contributed by atoms with Gasteiger partial charge < -0.3 is 20.4 Å². The van der Waals surface area contributed by atoms with E-state index in [9.17, 15) is 20.4 Å². The number of hydrogen-bond donors (Lipinski definition) is 4. The van der Waals surface area contributed by atoms with Crippen molar-refractivity contribution in [3.8, 4) is 23.3 Å². The predicted octanol–water partition coefficient (Wildman–Crippen LogP) is 2.49. The van der Waals surface area contributed by atoms with Crippen LogP contribution < -0.4 is 9.13 Å². The van der Waals surface area contributed by atoms with Crippen LogP contribution in [-0.4, -0.2) is 26.2 Å². The number of pyridine rings is 2. The van der Waals surface area contributed by atoms with Gasteiger partial charge in [-0.05, 0) is 13.0 Å². The highest BCUT2D eigenvalue weighted by atomic mass is 32.2. The van der Waals surface area contributed by atoms with E-state index in [0.29, 0.717) is 0 Å². The fourth-order valence-corrected chi connectivity index (χ4v) is 3.85. The first-order chi connectivity index (χ1) is 11.7. The Morgan fingerprint density at radius 1 is 1.00 bits per heavy atom. The van der Waals surface area contributed by atoms with Crippen LogP contribution in [0.1, 0.15) is 44.8 Å². The Labute approximate surface area is 152 Å². The zero-order chi connectivity index (χ0) is 18.7. The molecule has 0 aromatic carbocycles. The van der Waals surface area contributed by atoms with Crippen LogP contribution >= 0.6 is 11.8 Å². The van der Waals surface area contributed by atoms with E-state index >= 15 is 0 Å². The zero-order valence-corrected chi connectivity index (χ0v) is 15.8. The number of rotatable bonds is 6. The summed E-state index contributed by atoms with van der Waals surface area (Å²) in [7, 11) is 1.66. The quantitative estimate of drug-likeness (QED) is 0.466. The molecule has 2 aromatic heterocycles. The van der Waals surface area contributed by atoms with Gasteiger partial charge in [0.15, 0.2) is 17.9 Å². The number of aryl methyl sites for hydroxylation is 1. The second kappa shape index (κ2) is 7.82. The van der Waals surface area contributed by atoms with Crippen LogP contribution in [0, 0.1) is 0 Å². The summed E-state index contributed by atoms with van der Waals surface area (Å²) in [4.78, 5) is 0.846. The van der Waals surface area contributed by atoms with Crippen LogP contribution in [0.5, 0.6) is 23.3 Å². The minimum absolute atomic E-state index is 0.00328. The van der Waals surface area contributed by atoms with Gasteiger partial charge in [-0.1, -0.05) is 13.8 Å². The van der Waals surface area contributed by atoms with Crippen molar-refractivity contribution < 1.29 is 29.6 Å². The summed E-state index contributed by atoms with van der Waals surface area (Å²) in [5, 5.41) is 39.3. The van der Waals surface area contributed by atoms with Crippen molar-refractivity contribution in [2.45, 2.75) is 44.0 Å². The van der Waals surface area contributed by atoms with E-state index in [1.54, 1.807) is 29.6 Å². The molecule has 0 bridgehead atoms. The second-order valence-electron chi connectivity index (χ2n) is 6.47. The zero-order valence-electron chi connectivity index (χ0n) is 15.0. The molecule has 1 atom stereocenters. The molecule has 136 valence electrons. The number of aromatic hydroxyl groups is 4. The molecule has 0 spiro atoms. The van der Waals surface area contributed by atoms with E-state index in [4.69, 9.17) is 0 Å². The highest BCUT2D eigenvalue weighted by Crippen LogP contribution is 2.29. The van der Waals surface area contributed by atoms with Crippen molar-refractivity contribution in [3.63, 3.8) is 0 Å². The van der Waals surface area contributed by atoms with E-state index in [0.717, 1.165) is 22.8 Å². The summed E-state index contributed by atoms with van der Waals surface area (Å²) in [6.45, 7) is 6.09. The van der Waals surface area contributed by atoms with Crippen LogP contribution in [0.3, 0.4) is 0 Å². The normalized spacial score (nSPS) is 12.5. The predicted molar refractivity (Wildman–Crippen MR) is 95.1 cm³/mol. The number of aromatic nitrogens is 2. The minimum Gasteiger partial charge on any atom is -0.500 e. The van der Waals surface area contributed by atoms with Gasteiger partial charge in [0.05, 0.1) is 4.90 Å². The molecule has 0 amide bonds. The molecule has 0 aliphatic carbocycles. The van der Waals surface area contributed by atoms with Gasteiger partial charge >= 0.3 is 11.8 Å². The maximum atomic E-state index is 10.3. The van der Waals surface area contributed by atoms with Crippen LogP contribution in [0.4, 0.5) is 0 Å². The number of hydrogen-bond acceptors (Lipinski definition) is 5. The molecule has 0 saturated heterocycles. The smallest absolute Gasteiger partial charge is 0.409 e. The molecule has 0 radical (unpaired) electrons. The third kappa shape index (κ3) is 4.28. The summed E-state index contributed by atoms with van der Waals surface area (Å²) in [5.41, 5.74) is 0.960. The Hall–Kier alpha value is -2.15. The summed E-state index contributed by atoms with van der Waals surface area (Å²) in [6.07, 6.45) is 2.51. The molecule has 6 nitrogen and oxygen atoms in total.